The number of rotatable bonds is 6. The minimum Gasteiger partial charge on any atom is -0.493 e. The van der Waals surface area contributed by atoms with E-state index in [0.717, 1.165) is 37.8 Å². The van der Waals surface area contributed by atoms with Gasteiger partial charge in [0.25, 0.3) is 0 Å². The van der Waals surface area contributed by atoms with Crippen LogP contribution in [0.4, 0.5) is 5.95 Å². The van der Waals surface area contributed by atoms with Crippen LogP contribution in [0.3, 0.4) is 0 Å². The molecule has 0 N–H and O–H groups in total. The Morgan fingerprint density at radius 1 is 0.914 bits per heavy atom. The fourth-order valence-corrected chi connectivity index (χ4v) is 5.08. The predicted octanol–water partition coefficient (Wildman–Crippen LogP) is 2.79. The molecule has 35 heavy (non-hydrogen) atoms. The van der Waals surface area contributed by atoms with Crippen molar-refractivity contribution >= 4 is 11.9 Å². The molecule has 1 atom stereocenters. The first kappa shape index (κ1) is 23.1. The highest BCUT2D eigenvalue weighted by Crippen LogP contribution is 2.40. The molecule has 0 aliphatic carbocycles. The van der Waals surface area contributed by atoms with E-state index < -0.39 is 0 Å². The first-order chi connectivity index (χ1) is 17.2. The van der Waals surface area contributed by atoms with E-state index in [2.05, 4.69) is 56.2 Å². The van der Waals surface area contributed by atoms with Gasteiger partial charge in [-0.05, 0) is 41.3 Å². The van der Waals surface area contributed by atoms with E-state index in [0.29, 0.717) is 25.4 Å². The van der Waals surface area contributed by atoms with Gasteiger partial charge in [-0.3, -0.25) is 9.69 Å². The Morgan fingerprint density at radius 2 is 1.60 bits per heavy atom. The molecule has 1 fully saturated rings. The van der Waals surface area contributed by atoms with Gasteiger partial charge >= 0.3 is 0 Å². The van der Waals surface area contributed by atoms with Crippen molar-refractivity contribution in [3.63, 3.8) is 0 Å². The average molecular weight is 474 g/mol. The quantitative estimate of drug-likeness (QED) is 0.545. The largest absolute Gasteiger partial charge is 0.493 e. The molecular formula is C27H31N5O3. The molecule has 3 aromatic rings. The molecule has 5 rings (SSSR count). The minimum absolute atomic E-state index is 0.0253. The molecule has 0 unspecified atom stereocenters. The fraction of sp³-hybridized carbons (Fsp3) is 0.370. The van der Waals surface area contributed by atoms with Crippen molar-refractivity contribution in [3.05, 3.63) is 77.6 Å². The molecule has 1 amide bonds. The topological polar surface area (TPSA) is 71.0 Å². The SMILES string of the molecule is COc1cc2c(cc1OC)[C@@H](c1ccccc1)N(CC(=O)N1CCN(c3ncccn3)CC1)CC2. The number of piperazine rings is 1. The summed E-state index contributed by atoms with van der Waals surface area (Å²) < 4.78 is 11.2. The number of benzene rings is 2. The first-order valence-electron chi connectivity index (χ1n) is 12.0. The molecule has 1 aromatic heterocycles. The number of methoxy groups -OCH3 is 2. The third-order valence-electron chi connectivity index (χ3n) is 6.89. The standard InChI is InChI=1S/C27H31N5O3/c1-34-23-17-21-9-12-32(26(20-7-4-3-5-8-20)22(21)18-24(23)35-2)19-25(33)30-13-15-31(16-14-30)27-28-10-6-11-29-27/h3-8,10-11,17-18,26H,9,12-16,19H2,1-2H3/t26-/m1/s1. The number of carbonyl (C=O) groups is 1. The van der Waals surface area contributed by atoms with Crippen molar-refractivity contribution in [1.29, 1.82) is 0 Å². The van der Waals surface area contributed by atoms with Crippen molar-refractivity contribution in [2.45, 2.75) is 12.5 Å². The molecule has 8 nitrogen and oxygen atoms in total. The molecule has 2 aliphatic rings. The second kappa shape index (κ2) is 10.3. The molecule has 2 aliphatic heterocycles. The van der Waals surface area contributed by atoms with E-state index in [-0.39, 0.29) is 11.9 Å². The summed E-state index contributed by atoms with van der Waals surface area (Å²) in [6.07, 6.45) is 4.36. The average Bonchev–Trinajstić information content (AvgIpc) is 2.93. The number of ether oxygens (including phenoxy) is 2. The summed E-state index contributed by atoms with van der Waals surface area (Å²) in [5, 5.41) is 0. The Hall–Kier alpha value is -3.65. The number of hydrogen-bond donors (Lipinski definition) is 0. The molecule has 0 spiro atoms. The van der Waals surface area contributed by atoms with Crippen molar-refractivity contribution < 1.29 is 14.3 Å². The van der Waals surface area contributed by atoms with Crippen LogP contribution in [-0.4, -0.2) is 79.2 Å². The number of nitrogens with zero attached hydrogens (tertiary/aromatic N) is 5. The lowest BCUT2D eigenvalue weighted by atomic mass is 9.87. The predicted molar refractivity (Wildman–Crippen MR) is 134 cm³/mol. The Bertz CT molecular complexity index is 1150. The zero-order valence-corrected chi connectivity index (χ0v) is 20.3. The van der Waals surface area contributed by atoms with Crippen molar-refractivity contribution in [3.8, 4) is 11.5 Å². The third-order valence-corrected chi connectivity index (χ3v) is 6.89. The molecule has 0 radical (unpaired) electrons. The number of hydrogen-bond acceptors (Lipinski definition) is 7. The van der Waals surface area contributed by atoms with E-state index in [1.165, 1.54) is 16.7 Å². The van der Waals surface area contributed by atoms with Gasteiger partial charge in [-0.2, -0.15) is 0 Å². The molecular weight excluding hydrogens is 442 g/mol. The van der Waals surface area contributed by atoms with Gasteiger partial charge in [-0.15, -0.1) is 0 Å². The summed E-state index contributed by atoms with van der Waals surface area (Å²) >= 11 is 0. The zero-order chi connectivity index (χ0) is 24.2. The maximum atomic E-state index is 13.4. The van der Waals surface area contributed by atoms with Crippen LogP contribution in [0, 0.1) is 0 Å². The summed E-state index contributed by atoms with van der Waals surface area (Å²) in [5.74, 6) is 2.33. The monoisotopic (exact) mass is 473 g/mol. The zero-order valence-electron chi connectivity index (χ0n) is 20.3. The van der Waals surface area contributed by atoms with Crippen LogP contribution in [-0.2, 0) is 11.2 Å². The maximum Gasteiger partial charge on any atom is 0.236 e. The summed E-state index contributed by atoms with van der Waals surface area (Å²) in [4.78, 5) is 28.5. The van der Waals surface area contributed by atoms with Gasteiger partial charge in [0, 0.05) is 45.1 Å². The molecule has 182 valence electrons. The number of aromatic nitrogens is 2. The fourth-order valence-electron chi connectivity index (χ4n) is 5.08. The highest BCUT2D eigenvalue weighted by Gasteiger charge is 2.33. The number of fused-ring (bicyclic) bond motifs is 1. The maximum absolute atomic E-state index is 13.4. The molecule has 2 aromatic carbocycles. The van der Waals surface area contributed by atoms with E-state index >= 15 is 0 Å². The van der Waals surface area contributed by atoms with Gasteiger partial charge in [0.2, 0.25) is 11.9 Å². The van der Waals surface area contributed by atoms with E-state index in [1.54, 1.807) is 26.6 Å². The van der Waals surface area contributed by atoms with Gasteiger partial charge < -0.3 is 19.3 Å². The summed E-state index contributed by atoms with van der Waals surface area (Å²) in [6, 6.07) is 16.3. The van der Waals surface area contributed by atoms with Gasteiger partial charge in [-0.25, -0.2) is 9.97 Å². The minimum atomic E-state index is -0.0253. The number of anilines is 1. The lowest BCUT2D eigenvalue weighted by Crippen LogP contribution is -2.52. The van der Waals surface area contributed by atoms with Crippen LogP contribution in [0.2, 0.25) is 0 Å². The summed E-state index contributed by atoms with van der Waals surface area (Å²) in [6.45, 7) is 3.97. The van der Waals surface area contributed by atoms with E-state index in [1.807, 2.05) is 17.0 Å². The van der Waals surface area contributed by atoms with E-state index in [9.17, 15) is 4.79 Å². The first-order valence-corrected chi connectivity index (χ1v) is 12.0. The number of amides is 1. The molecule has 0 saturated carbocycles. The normalized spacial score (nSPS) is 18.2. The lowest BCUT2D eigenvalue weighted by Gasteiger charge is -2.40. The van der Waals surface area contributed by atoms with Crippen LogP contribution in [0.25, 0.3) is 0 Å². The van der Waals surface area contributed by atoms with Crippen LogP contribution < -0.4 is 14.4 Å². The van der Waals surface area contributed by atoms with Crippen LogP contribution in [0.15, 0.2) is 60.9 Å². The second-order valence-corrected chi connectivity index (χ2v) is 8.86. The molecule has 8 heteroatoms. The Morgan fingerprint density at radius 3 is 2.29 bits per heavy atom. The van der Waals surface area contributed by atoms with Crippen LogP contribution in [0.1, 0.15) is 22.7 Å². The molecule has 1 saturated heterocycles. The van der Waals surface area contributed by atoms with Crippen molar-refractivity contribution in [2.75, 3.05) is 58.4 Å². The Kier molecular flexibility index (Phi) is 6.81. The molecule has 0 bridgehead atoms. The Balaban J connectivity index is 1.35. The smallest absolute Gasteiger partial charge is 0.236 e. The number of carbonyl (C=O) groups excluding carboxylic acids is 1. The van der Waals surface area contributed by atoms with Crippen molar-refractivity contribution in [1.82, 2.24) is 19.8 Å². The highest BCUT2D eigenvalue weighted by molar-refractivity contribution is 5.79. The summed E-state index contributed by atoms with van der Waals surface area (Å²) in [5.41, 5.74) is 3.56. The summed E-state index contributed by atoms with van der Waals surface area (Å²) in [7, 11) is 3.32. The van der Waals surface area contributed by atoms with Gasteiger partial charge in [0.05, 0.1) is 26.8 Å². The van der Waals surface area contributed by atoms with Crippen LogP contribution >= 0.6 is 0 Å². The third kappa shape index (κ3) is 4.79. The molecule has 3 heterocycles. The van der Waals surface area contributed by atoms with E-state index in [4.69, 9.17) is 9.47 Å². The van der Waals surface area contributed by atoms with Gasteiger partial charge in [0.15, 0.2) is 11.5 Å². The highest BCUT2D eigenvalue weighted by atomic mass is 16.5. The van der Waals surface area contributed by atoms with Gasteiger partial charge in [0.1, 0.15) is 0 Å². The van der Waals surface area contributed by atoms with Crippen molar-refractivity contribution in [2.24, 2.45) is 0 Å². The Labute approximate surface area is 206 Å². The lowest BCUT2D eigenvalue weighted by molar-refractivity contribution is -0.133. The van der Waals surface area contributed by atoms with Crippen LogP contribution in [0.5, 0.6) is 11.5 Å². The second-order valence-electron chi connectivity index (χ2n) is 8.86. The van der Waals surface area contributed by atoms with Gasteiger partial charge in [-0.1, -0.05) is 30.3 Å².